The predicted molar refractivity (Wildman–Crippen MR) is 106 cm³/mol. The smallest absolute Gasteiger partial charge is 0.422 e. The molecule has 3 rings (SSSR count). The molecule has 0 bridgehead atoms. The summed E-state index contributed by atoms with van der Waals surface area (Å²) in [4.78, 5) is 24.9. The van der Waals surface area contributed by atoms with Crippen LogP contribution >= 0.6 is 0 Å². The summed E-state index contributed by atoms with van der Waals surface area (Å²) in [5.74, 6) is 0.267. The van der Waals surface area contributed by atoms with E-state index in [-0.39, 0.29) is 23.4 Å². The highest BCUT2D eigenvalue weighted by Gasteiger charge is 2.31. The van der Waals surface area contributed by atoms with Gasteiger partial charge in [-0.05, 0) is 30.2 Å². The Balaban J connectivity index is 2.21. The van der Waals surface area contributed by atoms with E-state index in [1.807, 2.05) is 13.0 Å². The number of hydrogen-bond donors (Lipinski definition) is 0. The van der Waals surface area contributed by atoms with Gasteiger partial charge in [-0.2, -0.15) is 13.2 Å². The molecule has 0 N–H and O–H groups in total. The SMILES string of the molecule is CCc1cc2c(c(OCC(F)(F)F)c(C=O)n2C)c(=O)n1Cc1cccc(OC)c1. The zero-order chi connectivity index (χ0) is 22.1. The lowest BCUT2D eigenvalue weighted by atomic mass is 10.1. The summed E-state index contributed by atoms with van der Waals surface area (Å²) in [6, 6.07) is 8.85. The van der Waals surface area contributed by atoms with Crippen LogP contribution in [0.3, 0.4) is 0 Å². The molecule has 0 fully saturated rings. The van der Waals surface area contributed by atoms with Crippen LogP contribution in [0.15, 0.2) is 35.1 Å². The molecule has 0 radical (unpaired) electrons. The molecule has 0 amide bonds. The van der Waals surface area contributed by atoms with Crippen molar-refractivity contribution in [1.82, 2.24) is 9.13 Å². The van der Waals surface area contributed by atoms with E-state index >= 15 is 0 Å². The highest BCUT2D eigenvalue weighted by atomic mass is 19.4. The van der Waals surface area contributed by atoms with Crippen LogP contribution in [0.2, 0.25) is 0 Å². The van der Waals surface area contributed by atoms with Gasteiger partial charge in [0.25, 0.3) is 5.56 Å². The molecule has 0 unspecified atom stereocenters. The number of methoxy groups -OCH3 is 1. The van der Waals surface area contributed by atoms with Crippen molar-refractivity contribution in [2.75, 3.05) is 13.7 Å². The minimum Gasteiger partial charge on any atom is -0.497 e. The number of alkyl halides is 3. The van der Waals surface area contributed by atoms with Crippen LogP contribution in [0.25, 0.3) is 10.9 Å². The van der Waals surface area contributed by atoms with Crippen LogP contribution in [-0.4, -0.2) is 35.3 Å². The van der Waals surface area contributed by atoms with Crippen molar-refractivity contribution in [3.8, 4) is 11.5 Å². The molecule has 160 valence electrons. The Hall–Kier alpha value is -3.23. The second-order valence-electron chi connectivity index (χ2n) is 6.79. The van der Waals surface area contributed by atoms with E-state index in [0.29, 0.717) is 29.7 Å². The van der Waals surface area contributed by atoms with Gasteiger partial charge in [0.05, 0.1) is 19.2 Å². The minimum atomic E-state index is -4.61. The van der Waals surface area contributed by atoms with Crippen molar-refractivity contribution >= 4 is 17.2 Å². The molecule has 2 aromatic heterocycles. The number of carbonyl (C=O) groups excluding carboxylic acids is 1. The highest BCUT2D eigenvalue weighted by molar-refractivity contribution is 5.96. The molecular weight excluding hydrogens is 401 g/mol. The van der Waals surface area contributed by atoms with Gasteiger partial charge < -0.3 is 18.6 Å². The normalized spacial score (nSPS) is 11.7. The maximum absolute atomic E-state index is 13.3. The largest absolute Gasteiger partial charge is 0.497 e. The molecule has 0 atom stereocenters. The average Bonchev–Trinajstić information content (AvgIpc) is 2.99. The van der Waals surface area contributed by atoms with Gasteiger partial charge in [0, 0.05) is 12.7 Å². The topological polar surface area (TPSA) is 62.5 Å². The number of halogens is 3. The number of nitrogens with zero attached hydrogens (tertiary/aromatic N) is 2. The fraction of sp³-hybridized carbons (Fsp3) is 0.333. The van der Waals surface area contributed by atoms with Crippen LogP contribution in [0.5, 0.6) is 11.5 Å². The third-order valence-electron chi connectivity index (χ3n) is 4.88. The Bertz CT molecular complexity index is 1150. The summed E-state index contributed by atoms with van der Waals surface area (Å²) in [6.07, 6.45) is -3.70. The summed E-state index contributed by atoms with van der Waals surface area (Å²) in [5, 5.41) is -0.0519. The summed E-state index contributed by atoms with van der Waals surface area (Å²) in [7, 11) is 3.04. The quantitative estimate of drug-likeness (QED) is 0.545. The second kappa shape index (κ2) is 8.25. The van der Waals surface area contributed by atoms with Crippen LogP contribution in [0.4, 0.5) is 13.2 Å². The summed E-state index contributed by atoms with van der Waals surface area (Å²) < 4.78 is 51.2. The number of pyridine rings is 1. The van der Waals surface area contributed by atoms with E-state index in [2.05, 4.69) is 0 Å². The zero-order valence-corrected chi connectivity index (χ0v) is 16.7. The lowest BCUT2D eigenvalue weighted by Gasteiger charge is -2.14. The molecule has 30 heavy (non-hydrogen) atoms. The Kier molecular flexibility index (Phi) is 5.91. The van der Waals surface area contributed by atoms with Crippen LogP contribution in [0, 0.1) is 0 Å². The number of hydrogen-bond acceptors (Lipinski definition) is 4. The lowest BCUT2D eigenvalue weighted by Crippen LogP contribution is -2.25. The number of benzene rings is 1. The average molecular weight is 422 g/mol. The number of ether oxygens (including phenoxy) is 2. The van der Waals surface area contributed by atoms with Crippen LogP contribution in [0.1, 0.15) is 28.7 Å². The number of rotatable bonds is 7. The molecule has 0 saturated carbocycles. The number of aldehydes is 1. The van der Waals surface area contributed by atoms with E-state index in [9.17, 15) is 22.8 Å². The molecule has 3 aromatic rings. The number of fused-ring (bicyclic) bond motifs is 1. The van der Waals surface area contributed by atoms with E-state index < -0.39 is 18.3 Å². The van der Waals surface area contributed by atoms with Crippen molar-refractivity contribution in [1.29, 1.82) is 0 Å². The Morgan fingerprint density at radius 2 is 1.93 bits per heavy atom. The fourth-order valence-corrected chi connectivity index (χ4v) is 3.42. The van der Waals surface area contributed by atoms with Crippen molar-refractivity contribution in [2.24, 2.45) is 7.05 Å². The molecule has 0 spiro atoms. The maximum atomic E-state index is 13.3. The van der Waals surface area contributed by atoms with Gasteiger partial charge in [-0.3, -0.25) is 9.59 Å². The third-order valence-corrected chi connectivity index (χ3v) is 4.88. The summed E-state index contributed by atoms with van der Waals surface area (Å²) in [6.45, 7) is 0.463. The zero-order valence-electron chi connectivity index (χ0n) is 16.7. The Labute approximate surface area is 170 Å². The number of carbonyl (C=O) groups is 1. The molecule has 2 heterocycles. The molecule has 0 aliphatic rings. The van der Waals surface area contributed by atoms with Crippen LogP contribution < -0.4 is 15.0 Å². The fourth-order valence-electron chi connectivity index (χ4n) is 3.42. The van der Waals surface area contributed by atoms with Crippen molar-refractivity contribution < 1.29 is 27.4 Å². The van der Waals surface area contributed by atoms with E-state index in [1.165, 1.54) is 23.3 Å². The van der Waals surface area contributed by atoms with Crippen molar-refractivity contribution in [2.45, 2.75) is 26.1 Å². The number of aromatic nitrogens is 2. The summed E-state index contributed by atoms with van der Waals surface area (Å²) in [5.41, 5.74) is 1.17. The van der Waals surface area contributed by atoms with E-state index in [4.69, 9.17) is 9.47 Å². The molecular formula is C21H21F3N2O4. The van der Waals surface area contributed by atoms with Gasteiger partial charge >= 0.3 is 6.18 Å². The van der Waals surface area contributed by atoms with Gasteiger partial charge in [-0.15, -0.1) is 0 Å². The van der Waals surface area contributed by atoms with Crippen molar-refractivity contribution in [3.05, 3.63) is 57.6 Å². The lowest BCUT2D eigenvalue weighted by molar-refractivity contribution is -0.153. The predicted octanol–water partition coefficient (Wildman–Crippen LogP) is 3.71. The van der Waals surface area contributed by atoms with Gasteiger partial charge in [0.2, 0.25) is 0 Å². The van der Waals surface area contributed by atoms with E-state index in [0.717, 1.165) is 5.56 Å². The molecule has 6 nitrogen and oxygen atoms in total. The first-order chi connectivity index (χ1) is 14.2. The van der Waals surface area contributed by atoms with Crippen molar-refractivity contribution in [3.63, 3.8) is 0 Å². The second-order valence-corrected chi connectivity index (χ2v) is 6.79. The minimum absolute atomic E-state index is 0.0519. The Morgan fingerprint density at radius 3 is 2.53 bits per heavy atom. The van der Waals surface area contributed by atoms with Gasteiger partial charge in [0.1, 0.15) is 16.8 Å². The third kappa shape index (κ3) is 4.05. The molecule has 1 aromatic carbocycles. The molecule has 0 aliphatic carbocycles. The van der Waals surface area contributed by atoms with Gasteiger partial charge in [0.15, 0.2) is 18.6 Å². The number of aryl methyl sites for hydroxylation is 2. The first-order valence-corrected chi connectivity index (χ1v) is 9.22. The van der Waals surface area contributed by atoms with Gasteiger partial charge in [-0.1, -0.05) is 19.1 Å². The Morgan fingerprint density at radius 1 is 1.20 bits per heavy atom. The first-order valence-electron chi connectivity index (χ1n) is 9.22. The molecule has 0 saturated heterocycles. The highest BCUT2D eigenvalue weighted by Crippen LogP contribution is 2.31. The summed E-state index contributed by atoms with van der Waals surface area (Å²) >= 11 is 0. The standard InChI is InChI=1S/C21H21F3N2O4/c1-4-14-9-16-18(19(17(11-27)25(16)2)30-12-21(22,23)24)20(28)26(14)10-13-6-5-7-15(8-13)29-3/h5-9,11H,4,10,12H2,1-3H3. The van der Waals surface area contributed by atoms with Gasteiger partial charge in [-0.25, -0.2) is 0 Å². The first kappa shape index (κ1) is 21.5. The molecule has 0 aliphatic heterocycles. The molecule has 9 heteroatoms. The monoisotopic (exact) mass is 422 g/mol. The maximum Gasteiger partial charge on any atom is 0.422 e. The van der Waals surface area contributed by atoms with E-state index in [1.54, 1.807) is 24.3 Å². The van der Waals surface area contributed by atoms with Crippen LogP contribution in [-0.2, 0) is 20.0 Å².